The molecule has 0 bridgehead atoms. The Hall–Kier alpha value is -8.61. The van der Waals surface area contributed by atoms with E-state index >= 15 is 14.4 Å². The van der Waals surface area contributed by atoms with Crippen LogP contribution in [0.3, 0.4) is 0 Å². The van der Waals surface area contributed by atoms with Crippen molar-refractivity contribution in [2.75, 3.05) is 0 Å². The van der Waals surface area contributed by atoms with E-state index in [1.165, 1.54) is 33.4 Å². The number of rotatable bonds is 3. The molecule has 6 nitrogen and oxygen atoms in total. The average molecular weight is 1150 g/mol. The van der Waals surface area contributed by atoms with Crippen LogP contribution in [0.25, 0.3) is 82.5 Å². The molecule has 0 atom stereocenters. The van der Waals surface area contributed by atoms with E-state index in [0.717, 1.165) is 82.5 Å². The molecule has 0 saturated carbocycles. The summed E-state index contributed by atoms with van der Waals surface area (Å²) < 4.78 is 6.81. The molecule has 3 aliphatic carbocycles. The highest BCUT2D eigenvalue weighted by molar-refractivity contribution is 6.27. The van der Waals surface area contributed by atoms with Gasteiger partial charge in [0.15, 0.2) is 17.3 Å². The van der Waals surface area contributed by atoms with Crippen molar-refractivity contribution in [3.8, 4) is 17.1 Å². The maximum absolute atomic E-state index is 16.3. The molecule has 0 radical (unpaired) electrons. The second-order valence-electron chi connectivity index (χ2n) is 32.2. The average Bonchev–Trinajstić information content (AvgIpc) is 0.746. The third kappa shape index (κ3) is 8.01. The normalized spacial score (nSPS) is 14.7. The molecule has 9 aromatic carbocycles. The Kier molecular flexibility index (Phi) is 11.3. The lowest BCUT2D eigenvalue weighted by Gasteiger charge is -2.40. The largest absolute Gasteiger partial charge is 0.309 e. The van der Waals surface area contributed by atoms with Gasteiger partial charge in [-0.05, 0) is 192 Å². The number of hydrogen-bond donors (Lipinski definition) is 0. The first kappa shape index (κ1) is 55.9. The van der Waals surface area contributed by atoms with Crippen molar-refractivity contribution in [2.24, 2.45) is 0 Å². The van der Waals surface area contributed by atoms with E-state index in [9.17, 15) is 0 Å². The van der Waals surface area contributed by atoms with Gasteiger partial charge in [0.2, 0.25) is 0 Å². The highest BCUT2D eigenvalue weighted by atomic mass is 16.1. The lowest BCUT2D eigenvalue weighted by atomic mass is 9.61. The smallest absolute Gasteiger partial charge is 0.193 e. The van der Waals surface area contributed by atoms with E-state index in [-0.39, 0.29) is 49.8 Å². The van der Waals surface area contributed by atoms with Crippen LogP contribution in [0.4, 0.5) is 0 Å². The van der Waals surface area contributed by atoms with Gasteiger partial charge in [0.25, 0.3) is 0 Å². The zero-order chi connectivity index (χ0) is 62.3. The van der Waals surface area contributed by atoms with Gasteiger partial charge in [-0.3, -0.25) is 14.4 Å². The summed E-state index contributed by atoms with van der Waals surface area (Å²) in [5, 5.41) is 6.71. The molecule has 0 amide bonds. The van der Waals surface area contributed by atoms with Crippen LogP contribution in [0.2, 0.25) is 0 Å². The minimum atomic E-state index is -0.559. The Balaban J connectivity index is 1.04. The molecule has 3 aromatic heterocycles. The van der Waals surface area contributed by atoms with Crippen molar-refractivity contribution in [3.05, 3.63) is 229 Å². The molecule has 0 N–H and O–H groups in total. The van der Waals surface area contributed by atoms with Crippen molar-refractivity contribution >= 4 is 82.8 Å². The Morgan fingerprint density at radius 3 is 0.545 bits per heavy atom. The van der Waals surface area contributed by atoms with Crippen LogP contribution < -0.4 is 0 Å². The number of aromatic nitrogens is 3. The topological polar surface area (TPSA) is 66.0 Å². The zero-order valence-electron chi connectivity index (χ0n) is 54.5. The summed E-state index contributed by atoms with van der Waals surface area (Å²) >= 11 is 0. The molecular weight excluding hydrogens is 1070 g/mol. The second-order valence-corrected chi connectivity index (χ2v) is 32.2. The number of benzene rings is 9. The molecule has 15 rings (SSSR count). The molecule has 0 aliphatic heterocycles. The number of carbonyl (C=O) groups excluding carboxylic acids is 3. The third-order valence-electron chi connectivity index (χ3n) is 20.1. The molecule has 3 heterocycles. The van der Waals surface area contributed by atoms with Crippen molar-refractivity contribution in [2.45, 2.75) is 163 Å². The van der Waals surface area contributed by atoms with Gasteiger partial charge in [0, 0.05) is 88.7 Å². The Morgan fingerprint density at radius 2 is 0.398 bits per heavy atom. The molecule has 88 heavy (non-hydrogen) atoms. The van der Waals surface area contributed by atoms with Crippen LogP contribution in [-0.2, 0) is 32.5 Å². The van der Waals surface area contributed by atoms with Gasteiger partial charge in [-0.25, -0.2) is 0 Å². The Labute approximate surface area is 517 Å². The number of fused-ring (bicyclic) bond motifs is 9. The highest BCUT2D eigenvalue weighted by Crippen LogP contribution is 2.55. The molecular formula is C82H79N3O3. The van der Waals surface area contributed by atoms with Crippen LogP contribution in [0.5, 0.6) is 0 Å². The van der Waals surface area contributed by atoms with Gasteiger partial charge in [0.05, 0.1) is 33.1 Å². The Bertz CT molecular complexity index is 4380. The lowest BCUT2D eigenvalue weighted by molar-refractivity contribution is 0.102. The van der Waals surface area contributed by atoms with Gasteiger partial charge in [-0.2, -0.15) is 0 Å². The van der Waals surface area contributed by atoms with E-state index in [0.29, 0.717) is 50.1 Å². The summed E-state index contributed by atoms with van der Waals surface area (Å²) in [5.74, 6) is -1.14. The minimum Gasteiger partial charge on any atom is -0.309 e. The first-order chi connectivity index (χ1) is 41.2. The molecule has 12 aromatic rings. The van der Waals surface area contributed by atoms with E-state index < -0.39 is 5.92 Å². The van der Waals surface area contributed by atoms with E-state index in [1.54, 1.807) is 0 Å². The Morgan fingerprint density at radius 1 is 0.239 bits per heavy atom. The van der Waals surface area contributed by atoms with Gasteiger partial charge >= 0.3 is 0 Å². The van der Waals surface area contributed by atoms with Crippen LogP contribution in [0.15, 0.2) is 146 Å². The fourth-order valence-corrected chi connectivity index (χ4v) is 14.9. The van der Waals surface area contributed by atoms with E-state index in [4.69, 9.17) is 0 Å². The molecule has 0 fully saturated rings. The standard InChI is InChI=1S/C82H79N3O3/c1-77(2,3)43-19-25-64-52(31-43)53-32-44(78(4,5)6)20-26-65(53)83(64)49-37-58-70-59(38-49)75(87)61-40-51(85-68-29-23-47(81(13,14)15)35-56(68)57-36-48(82(16,17)18)24-30-69(57)85)42-63-72(61)73(70)71-60(74(58)86)39-50(41-62(71)76(63)88)84-66-27-21-45(79(7,8)9)33-54(66)55-34-46(80(10,11)12)22-28-67(55)84/h19-42,73H,1-18H3. The maximum atomic E-state index is 16.3. The van der Waals surface area contributed by atoms with E-state index in [2.05, 4.69) is 248 Å². The second kappa shape index (κ2) is 17.8. The predicted octanol–water partition coefficient (Wildman–Crippen LogP) is 20.6. The van der Waals surface area contributed by atoms with Crippen molar-refractivity contribution in [1.82, 2.24) is 13.7 Å². The zero-order valence-corrected chi connectivity index (χ0v) is 54.5. The first-order valence-electron chi connectivity index (χ1n) is 31.6. The molecule has 0 spiro atoms. The summed E-state index contributed by atoms with van der Waals surface area (Å²) in [5.41, 5.74) is 19.9. The van der Waals surface area contributed by atoms with Gasteiger partial charge in [-0.15, -0.1) is 0 Å². The van der Waals surface area contributed by atoms with Gasteiger partial charge in [0.1, 0.15) is 0 Å². The number of carbonyl (C=O) groups is 3. The van der Waals surface area contributed by atoms with Crippen molar-refractivity contribution in [1.29, 1.82) is 0 Å². The fraction of sp³-hybridized carbons (Fsp3) is 0.305. The van der Waals surface area contributed by atoms with Gasteiger partial charge < -0.3 is 13.7 Å². The maximum Gasteiger partial charge on any atom is 0.193 e. The predicted molar refractivity (Wildman–Crippen MR) is 366 cm³/mol. The van der Waals surface area contributed by atoms with Crippen molar-refractivity contribution < 1.29 is 14.4 Å². The fourth-order valence-electron chi connectivity index (χ4n) is 14.9. The van der Waals surface area contributed by atoms with Crippen LogP contribution >= 0.6 is 0 Å². The minimum absolute atomic E-state index is 0.107. The summed E-state index contributed by atoms with van der Waals surface area (Å²) in [6, 6.07) is 53.0. The lowest BCUT2D eigenvalue weighted by Crippen LogP contribution is -2.35. The molecule has 0 unspecified atom stereocenters. The summed E-state index contributed by atoms with van der Waals surface area (Å²) in [4.78, 5) is 49.0. The molecule has 6 heteroatoms. The first-order valence-corrected chi connectivity index (χ1v) is 31.6. The molecule has 3 aliphatic rings. The quantitative estimate of drug-likeness (QED) is 0.177. The number of nitrogens with zero attached hydrogens (tertiary/aromatic N) is 3. The van der Waals surface area contributed by atoms with Crippen LogP contribution in [-0.4, -0.2) is 31.1 Å². The highest BCUT2D eigenvalue weighted by Gasteiger charge is 2.48. The SMILES string of the molecule is CC(C)(C)c1ccc2c(c1)c1cc(C(C)(C)C)ccc1n2-c1cc2c3c(c1)C(=O)c1cc(-n4c5ccc(C(C)(C)C)cc5c5cc(C(C)(C)C)ccc54)cc4c1C3c1c(cc(-n3c5ccc(C(C)(C)C)cc5c5cc(C(C)(C)C)ccc53)cc1C4=O)C2=O. The monoisotopic (exact) mass is 1150 g/mol. The summed E-state index contributed by atoms with van der Waals surface area (Å²) in [6.45, 7) is 40.5. The van der Waals surface area contributed by atoms with Crippen LogP contribution in [0, 0.1) is 0 Å². The molecule has 440 valence electrons. The third-order valence-corrected chi connectivity index (χ3v) is 20.1. The van der Waals surface area contributed by atoms with Crippen molar-refractivity contribution in [3.63, 3.8) is 0 Å². The molecule has 0 saturated heterocycles. The number of ketones is 3. The summed E-state index contributed by atoms with van der Waals surface area (Å²) in [6.07, 6.45) is 0. The number of hydrogen-bond acceptors (Lipinski definition) is 3. The van der Waals surface area contributed by atoms with Gasteiger partial charge in [-0.1, -0.05) is 161 Å². The summed E-state index contributed by atoms with van der Waals surface area (Å²) in [7, 11) is 0. The van der Waals surface area contributed by atoms with E-state index in [1.807, 2.05) is 36.4 Å². The van der Waals surface area contributed by atoms with Crippen LogP contribution in [0.1, 0.15) is 228 Å².